The first-order valence-electron chi connectivity index (χ1n) is 9.22. The molecule has 1 heterocycles. The summed E-state index contributed by atoms with van der Waals surface area (Å²) in [6.45, 7) is 9.33. The zero-order valence-electron chi connectivity index (χ0n) is 16.1. The lowest BCUT2D eigenvalue weighted by atomic mass is 10.2. The smallest absolute Gasteiger partial charge is 0.192 e. The minimum absolute atomic E-state index is 0.206. The van der Waals surface area contributed by atoms with Crippen molar-refractivity contribution in [3.8, 4) is 17.1 Å². The second-order valence-electron chi connectivity index (χ2n) is 6.81. The fourth-order valence-electron chi connectivity index (χ4n) is 2.62. The molecule has 0 spiro atoms. The monoisotopic (exact) mass is 397 g/mol. The molecule has 0 saturated heterocycles. The number of thioether (sulfide) groups is 1. The van der Waals surface area contributed by atoms with E-state index in [1.54, 1.807) is 18.2 Å². The van der Waals surface area contributed by atoms with Crippen LogP contribution < -0.4 is 4.74 Å². The highest BCUT2D eigenvalue weighted by Gasteiger charge is 2.14. The van der Waals surface area contributed by atoms with Crippen molar-refractivity contribution in [2.45, 2.75) is 31.3 Å². The van der Waals surface area contributed by atoms with Crippen LogP contribution in [-0.2, 0) is 12.3 Å². The summed E-state index contributed by atoms with van der Waals surface area (Å²) in [6, 6.07) is 14.6. The first kappa shape index (κ1) is 20.1. The van der Waals surface area contributed by atoms with Gasteiger partial charge < -0.3 is 4.74 Å². The van der Waals surface area contributed by atoms with E-state index >= 15 is 0 Å². The number of nitrogens with zero attached hydrogens (tertiary/aromatic N) is 3. The zero-order valence-corrected chi connectivity index (χ0v) is 17.0. The summed E-state index contributed by atoms with van der Waals surface area (Å²) in [4.78, 5) is 0. The maximum atomic E-state index is 13.9. The van der Waals surface area contributed by atoms with E-state index in [0.717, 1.165) is 22.3 Å². The standard InChI is InChI=1S/C22H24FN3OS/c1-4-13-26-21(17-9-11-19(12-10-17)27-14-16(2)3)24-25-22(26)28-15-18-7-5-6-8-20(18)23/h4-12,16H,1,13-15H2,2-3H3. The Morgan fingerprint density at radius 2 is 1.89 bits per heavy atom. The van der Waals surface area contributed by atoms with Gasteiger partial charge in [-0.05, 0) is 41.8 Å². The minimum atomic E-state index is -0.206. The Hall–Kier alpha value is -2.60. The van der Waals surface area contributed by atoms with Crippen molar-refractivity contribution in [1.29, 1.82) is 0 Å². The van der Waals surface area contributed by atoms with Crippen LogP contribution in [0.25, 0.3) is 11.4 Å². The van der Waals surface area contributed by atoms with Gasteiger partial charge in [-0.25, -0.2) is 4.39 Å². The number of ether oxygens (including phenoxy) is 1. The number of hydrogen-bond donors (Lipinski definition) is 0. The molecule has 4 nitrogen and oxygen atoms in total. The molecule has 0 amide bonds. The summed E-state index contributed by atoms with van der Waals surface area (Å²) in [6.07, 6.45) is 1.81. The average molecular weight is 398 g/mol. The van der Waals surface area contributed by atoms with Crippen LogP contribution in [0.15, 0.2) is 66.3 Å². The van der Waals surface area contributed by atoms with Gasteiger partial charge in [0, 0.05) is 17.9 Å². The molecular formula is C22H24FN3OS. The van der Waals surface area contributed by atoms with Crippen molar-refractivity contribution >= 4 is 11.8 Å². The average Bonchev–Trinajstić information content (AvgIpc) is 3.09. The normalized spacial score (nSPS) is 11.0. The summed E-state index contributed by atoms with van der Waals surface area (Å²) in [7, 11) is 0. The van der Waals surface area contributed by atoms with Gasteiger partial charge in [0.05, 0.1) is 6.61 Å². The van der Waals surface area contributed by atoms with Gasteiger partial charge in [-0.3, -0.25) is 4.57 Å². The third-order valence-electron chi connectivity index (χ3n) is 4.04. The van der Waals surface area contributed by atoms with E-state index in [-0.39, 0.29) is 5.82 Å². The van der Waals surface area contributed by atoms with Gasteiger partial charge in [0.1, 0.15) is 11.6 Å². The molecule has 0 saturated carbocycles. The molecule has 0 aliphatic heterocycles. The summed E-state index contributed by atoms with van der Waals surface area (Å²) in [5, 5.41) is 9.40. The van der Waals surface area contributed by atoms with Crippen molar-refractivity contribution < 1.29 is 9.13 Å². The second-order valence-corrected chi connectivity index (χ2v) is 7.76. The molecule has 0 aliphatic carbocycles. The molecule has 0 radical (unpaired) electrons. The van der Waals surface area contributed by atoms with Crippen LogP contribution in [0.1, 0.15) is 19.4 Å². The largest absolute Gasteiger partial charge is 0.493 e. The SMILES string of the molecule is C=CCn1c(SCc2ccccc2F)nnc1-c1ccc(OCC(C)C)cc1. The molecule has 3 rings (SSSR count). The van der Waals surface area contributed by atoms with Crippen LogP contribution in [0.2, 0.25) is 0 Å². The predicted molar refractivity (Wildman–Crippen MR) is 112 cm³/mol. The number of halogens is 1. The second kappa shape index (κ2) is 9.55. The molecule has 3 aromatic rings. The van der Waals surface area contributed by atoms with Crippen LogP contribution in [0.4, 0.5) is 4.39 Å². The first-order valence-corrected chi connectivity index (χ1v) is 10.2. The number of aromatic nitrogens is 3. The third-order valence-corrected chi connectivity index (χ3v) is 5.05. The number of allylic oxidation sites excluding steroid dienone is 1. The highest BCUT2D eigenvalue weighted by molar-refractivity contribution is 7.98. The molecule has 6 heteroatoms. The Balaban J connectivity index is 1.78. The van der Waals surface area contributed by atoms with E-state index in [0.29, 0.717) is 30.4 Å². The van der Waals surface area contributed by atoms with Crippen LogP contribution in [0, 0.1) is 11.7 Å². The number of hydrogen-bond acceptors (Lipinski definition) is 4. The third kappa shape index (κ3) is 5.01. The maximum absolute atomic E-state index is 13.9. The van der Waals surface area contributed by atoms with Crippen LogP contribution in [-0.4, -0.2) is 21.4 Å². The summed E-state index contributed by atoms with van der Waals surface area (Å²) in [5.41, 5.74) is 1.60. The van der Waals surface area contributed by atoms with E-state index in [2.05, 4.69) is 30.6 Å². The zero-order chi connectivity index (χ0) is 19.9. The Morgan fingerprint density at radius 1 is 1.14 bits per heavy atom. The highest BCUT2D eigenvalue weighted by Crippen LogP contribution is 2.28. The summed E-state index contributed by atoms with van der Waals surface area (Å²) >= 11 is 1.46. The molecule has 146 valence electrons. The topological polar surface area (TPSA) is 39.9 Å². The van der Waals surface area contributed by atoms with Gasteiger partial charge in [0.15, 0.2) is 11.0 Å². The van der Waals surface area contributed by atoms with Crippen molar-refractivity contribution in [2.24, 2.45) is 5.92 Å². The summed E-state index contributed by atoms with van der Waals surface area (Å²) in [5.74, 6) is 2.35. The van der Waals surface area contributed by atoms with Crippen molar-refractivity contribution in [3.63, 3.8) is 0 Å². The lowest BCUT2D eigenvalue weighted by Gasteiger charge is -2.10. The van der Waals surface area contributed by atoms with Crippen molar-refractivity contribution in [3.05, 3.63) is 72.6 Å². The van der Waals surface area contributed by atoms with Crippen molar-refractivity contribution in [2.75, 3.05) is 6.61 Å². The molecule has 0 aliphatic rings. The van der Waals surface area contributed by atoms with E-state index < -0.39 is 0 Å². The first-order chi connectivity index (χ1) is 13.6. The van der Waals surface area contributed by atoms with Gasteiger partial charge >= 0.3 is 0 Å². The number of benzene rings is 2. The van der Waals surface area contributed by atoms with Gasteiger partial charge in [-0.15, -0.1) is 16.8 Å². The molecule has 28 heavy (non-hydrogen) atoms. The minimum Gasteiger partial charge on any atom is -0.493 e. The fourth-order valence-corrected chi connectivity index (χ4v) is 3.56. The van der Waals surface area contributed by atoms with Gasteiger partial charge in [-0.2, -0.15) is 0 Å². The fraction of sp³-hybridized carbons (Fsp3) is 0.273. The summed E-state index contributed by atoms with van der Waals surface area (Å²) < 4.78 is 21.6. The molecule has 1 aromatic heterocycles. The lowest BCUT2D eigenvalue weighted by molar-refractivity contribution is 0.271. The predicted octanol–water partition coefficient (Wildman–Crippen LogP) is 5.60. The van der Waals surface area contributed by atoms with Crippen LogP contribution in [0.3, 0.4) is 0 Å². The van der Waals surface area contributed by atoms with Crippen LogP contribution >= 0.6 is 11.8 Å². The highest BCUT2D eigenvalue weighted by atomic mass is 32.2. The quantitative estimate of drug-likeness (QED) is 0.348. The number of rotatable bonds is 9. The van der Waals surface area contributed by atoms with Crippen molar-refractivity contribution in [1.82, 2.24) is 14.8 Å². The van der Waals surface area contributed by atoms with E-state index in [9.17, 15) is 4.39 Å². The Morgan fingerprint density at radius 3 is 2.57 bits per heavy atom. The molecule has 0 fully saturated rings. The van der Waals surface area contributed by atoms with E-state index in [4.69, 9.17) is 4.74 Å². The van der Waals surface area contributed by atoms with E-state index in [1.807, 2.05) is 34.9 Å². The molecule has 0 bridgehead atoms. The Bertz CT molecular complexity index is 922. The molecule has 2 aromatic carbocycles. The lowest BCUT2D eigenvalue weighted by Crippen LogP contribution is -2.04. The van der Waals surface area contributed by atoms with E-state index in [1.165, 1.54) is 17.8 Å². The molecule has 0 unspecified atom stereocenters. The Kier molecular flexibility index (Phi) is 6.87. The van der Waals surface area contributed by atoms with Gasteiger partial charge in [0.2, 0.25) is 0 Å². The van der Waals surface area contributed by atoms with Crippen LogP contribution in [0.5, 0.6) is 5.75 Å². The molecule has 0 atom stereocenters. The maximum Gasteiger partial charge on any atom is 0.192 e. The van der Waals surface area contributed by atoms with Gasteiger partial charge in [0.25, 0.3) is 0 Å². The molecular weight excluding hydrogens is 373 g/mol. The van der Waals surface area contributed by atoms with Gasteiger partial charge in [-0.1, -0.05) is 49.9 Å². The molecule has 0 N–H and O–H groups in total. The Labute approximate surface area is 169 Å².